The Hall–Kier alpha value is -3.02. The van der Waals surface area contributed by atoms with E-state index < -0.39 is 0 Å². The van der Waals surface area contributed by atoms with Gasteiger partial charge >= 0.3 is 0 Å². The number of rotatable bonds is 4. The second-order valence-corrected chi connectivity index (χ2v) is 7.15. The van der Waals surface area contributed by atoms with E-state index in [2.05, 4.69) is 50.2 Å². The fourth-order valence-corrected chi connectivity index (χ4v) is 3.79. The molecule has 0 amide bonds. The van der Waals surface area contributed by atoms with E-state index in [0.717, 1.165) is 42.3 Å². The number of nitrogens with one attached hydrogen (secondary N) is 1. The molecule has 5 rings (SSSR count). The number of aromatic amines is 1. The van der Waals surface area contributed by atoms with Crippen molar-refractivity contribution in [3.63, 3.8) is 0 Å². The third-order valence-electron chi connectivity index (χ3n) is 5.27. The van der Waals surface area contributed by atoms with Crippen molar-refractivity contribution in [1.82, 2.24) is 19.9 Å². The van der Waals surface area contributed by atoms with Gasteiger partial charge in [-0.05, 0) is 23.3 Å². The van der Waals surface area contributed by atoms with Crippen molar-refractivity contribution in [2.45, 2.75) is 12.6 Å². The summed E-state index contributed by atoms with van der Waals surface area (Å²) in [5, 5.41) is 1.18. The fourth-order valence-electron chi connectivity index (χ4n) is 3.79. The van der Waals surface area contributed by atoms with Crippen LogP contribution in [-0.2, 0) is 11.3 Å². The molecule has 28 heavy (non-hydrogen) atoms. The van der Waals surface area contributed by atoms with Gasteiger partial charge in [-0.1, -0.05) is 48.5 Å². The number of imidazole rings is 1. The molecular formula is C23H22N4O. The molecule has 0 bridgehead atoms. The van der Waals surface area contributed by atoms with Crippen molar-refractivity contribution < 1.29 is 4.74 Å². The molecule has 0 radical (unpaired) electrons. The van der Waals surface area contributed by atoms with Gasteiger partial charge in [-0.25, -0.2) is 4.98 Å². The second kappa shape index (κ2) is 7.54. The van der Waals surface area contributed by atoms with Crippen LogP contribution < -0.4 is 0 Å². The first-order valence-electron chi connectivity index (χ1n) is 9.62. The van der Waals surface area contributed by atoms with Crippen LogP contribution in [0.15, 0.2) is 73.1 Å². The molecule has 3 heterocycles. The number of hydrogen-bond donors (Lipinski definition) is 1. The molecule has 2 aromatic heterocycles. The molecule has 1 atom stereocenters. The van der Waals surface area contributed by atoms with E-state index in [9.17, 15) is 0 Å². The average Bonchev–Trinajstić information content (AvgIpc) is 3.25. The quantitative estimate of drug-likeness (QED) is 0.585. The van der Waals surface area contributed by atoms with Crippen LogP contribution in [0.5, 0.6) is 0 Å². The predicted molar refractivity (Wildman–Crippen MR) is 110 cm³/mol. The van der Waals surface area contributed by atoms with Gasteiger partial charge in [0.25, 0.3) is 0 Å². The summed E-state index contributed by atoms with van der Waals surface area (Å²) in [6, 6.07) is 20.9. The van der Waals surface area contributed by atoms with Gasteiger partial charge in [-0.2, -0.15) is 0 Å². The third-order valence-corrected chi connectivity index (χ3v) is 5.27. The number of H-pyrrole nitrogens is 1. The van der Waals surface area contributed by atoms with Crippen LogP contribution in [0.1, 0.15) is 17.4 Å². The molecule has 140 valence electrons. The minimum atomic E-state index is 0.109. The summed E-state index contributed by atoms with van der Waals surface area (Å²) in [5.41, 5.74) is 4.42. The Kier molecular flexibility index (Phi) is 4.61. The topological polar surface area (TPSA) is 54.0 Å². The molecular weight excluding hydrogens is 348 g/mol. The van der Waals surface area contributed by atoms with Gasteiger partial charge in [-0.15, -0.1) is 0 Å². The molecule has 1 unspecified atom stereocenters. The minimum Gasteiger partial charge on any atom is -0.378 e. The van der Waals surface area contributed by atoms with Gasteiger partial charge < -0.3 is 9.72 Å². The zero-order chi connectivity index (χ0) is 18.8. The zero-order valence-corrected chi connectivity index (χ0v) is 15.6. The van der Waals surface area contributed by atoms with E-state index in [-0.39, 0.29) is 6.04 Å². The van der Waals surface area contributed by atoms with Gasteiger partial charge in [0.05, 0.1) is 36.7 Å². The lowest BCUT2D eigenvalue weighted by molar-refractivity contribution is -0.0156. The first-order valence-corrected chi connectivity index (χ1v) is 9.62. The third kappa shape index (κ3) is 3.42. The Labute approximate surface area is 164 Å². The highest BCUT2D eigenvalue weighted by Gasteiger charge is 2.27. The Balaban J connectivity index is 1.39. The molecule has 0 aliphatic carbocycles. The lowest BCUT2D eigenvalue weighted by atomic mass is 10.1. The maximum atomic E-state index is 5.77. The van der Waals surface area contributed by atoms with E-state index in [0.29, 0.717) is 6.61 Å². The summed E-state index contributed by atoms with van der Waals surface area (Å²) in [7, 11) is 0. The summed E-state index contributed by atoms with van der Waals surface area (Å²) in [6.07, 6.45) is 3.89. The standard InChI is InChI=1S/C23H22N4O/c1-2-6-18(7-3-1)21-14-25-23(26-21)22-16-28-11-10-27(22)15-17-12-19-8-4-5-9-20(19)24-13-17/h1-9,12-14,22H,10-11,15-16H2,(H,25,26). The van der Waals surface area contributed by atoms with Crippen molar-refractivity contribution in [2.75, 3.05) is 19.8 Å². The predicted octanol–water partition coefficient (Wildman–Crippen LogP) is 4.20. The summed E-state index contributed by atoms with van der Waals surface area (Å²) in [4.78, 5) is 15.2. The highest BCUT2D eigenvalue weighted by molar-refractivity contribution is 5.78. The number of aromatic nitrogens is 3. The van der Waals surface area contributed by atoms with E-state index in [1.807, 2.05) is 42.7 Å². The maximum absolute atomic E-state index is 5.77. The van der Waals surface area contributed by atoms with Crippen LogP contribution in [0.2, 0.25) is 0 Å². The number of para-hydroxylation sites is 1. The summed E-state index contributed by atoms with van der Waals surface area (Å²) in [5.74, 6) is 0.951. The molecule has 5 nitrogen and oxygen atoms in total. The summed E-state index contributed by atoms with van der Waals surface area (Å²) < 4.78 is 5.77. The number of benzene rings is 2. The van der Waals surface area contributed by atoms with Gasteiger partial charge in [-0.3, -0.25) is 9.88 Å². The Morgan fingerprint density at radius 3 is 2.79 bits per heavy atom. The van der Waals surface area contributed by atoms with Gasteiger partial charge in [0.2, 0.25) is 0 Å². The van der Waals surface area contributed by atoms with E-state index >= 15 is 0 Å². The molecule has 1 N–H and O–H groups in total. The number of ether oxygens (including phenoxy) is 1. The Bertz CT molecular complexity index is 1080. The zero-order valence-electron chi connectivity index (χ0n) is 15.6. The molecule has 0 spiro atoms. The molecule has 5 heteroatoms. The largest absolute Gasteiger partial charge is 0.378 e. The van der Waals surface area contributed by atoms with Crippen molar-refractivity contribution in [2.24, 2.45) is 0 Å². The lowest BCUT2D eigenvalue weighted by Crippen LogP contribution is -2.39. The number of fused-ring (bicyclic) bond motifs is 1. The van der Waals surface area contributed by atoms with Crippen LogP contribution >= 0.6 is 0 Å². The highest BCUT2D eigenvalue weighted by atomic mass is 16.5. The van der Waals surface area contributed by atoms with E-state index in [4.69, 9.17) is 4.74 Å². The normalized spacial score (nSPS) is 17.8. The molecule has 2 aromatic carbocycles. The van der Waals surface area contributed by atoms with Crippen LogP contribution in [-0.4, -0.2) is 39.6 Å². The Morgan fingerprint density at radius 1 is 1.00 bits per heavy atom. The van der Waals surface area contributed by atoms with Crippen LogP contribution in [0, 0.1) is 0 Å². The number of morpholine rings is 1. The van der Waals surface area contributed by atoms with Crippen LogP contribution in [0.25, 0.3) is 22.2 Å². The van der Waals surface area contributed by atoms with Gasteiger partial charge in [0.1, 0.15) is 5.82 Å². The van der Waals surface area contributed by atoms with Gasteiger partial charge in [0.15, 0.2) is 0 Å². The number of hydrogen-bond acceptors (Lipinski definition) is 4. The average molecular weight is 370 g/mol. The van der Waals surface area contributed by atoms with Gasteiger partial charge in [0, 0.05) is 24.7 Å². The van der Waals surface area contributed by atoms with Crippen LogP contribution in [0.3, 0.4) is 0 Å². The summed E-state index contributed by atoms with van der Waals surface area (Å²) in [6.45, 7) is 3.08. The Morgan fingerprint density at radius 2 is 1.86 bits per heavy atom. The monoisotopic (exact) mass is 370 g/mol. The van der Waals surface area contributed by atoms with E-state index in [1.54, 1.807) is 0 Å². The van der Waals surface area contributed by atoms with E-state index in [1.165, 1.54) is 10.9 Å². The smallest absolute Gasteiger partial charge is 0.126 e. The molecule has 1 aliphatic heterocycles. The number of pyridine rings is 1. The van der Waals surface area contributed by atoms with Crippen molar-refractivity contribution in [1.29, 1.82) is 0 Å². The first kappa shape index (κ1) is 17.1. The molecule has 0 saturated carbocycles. The molecule has 1 saturated heterocycles. The number of nitrogens with zero attached hydrogens (tertiary/aromatic N) is 3. The van der Waals surface area contributed by atoms with Crippen molar-refractivity contribution in [3.8, 4) is 11.3 Å². The minimum absolute atomic E-state index is 0.109. The highest BCUT2D eigenvalue weighted by Crippen LogP contribution is 2.27. The first-order chi connectivity index (χ1) is 13.9. The van der Waals surface area contributed by atoms with Crippen molar-refractivity contribution in [3.05, 3.63) is 84.4 Å². The fraction of sp³-hybridized carbons (Fsp3) is 0.217. The second-order valence-electron chi connectivity index (χ2n) is 7.15. The van der Waals surface area contributed by atoms with Crippen LogP contribution in [0.4, 0.5) is 0 Å². The molecule has 1 aliphatic rings. The molecule has 4 aromatic rings. The molecule has 1 fully saturated rings. The maximum Gasteiger partial charge on any atom is 0.126 e. The SMILES string of the molecule is c1ccc(-c2cnc(C3COCCN3Cc3cnc4ccccc4c3)[nH]2)cc1. The van der Waals surface area contributed by atoms with Crippen molar-refractivity contribution >= 4 is 10.9 Å². The summed E-state index contributed by atoms with van der Waals surface area (Å²) >= 11 is 0. The lowest BCUT2D eigenvalue weighted by Gasteiger charge is -2.34.